The van der Waals surface area contributed by atoms with E-state index >= 15 is 0 Å². The van der Waals surface area contributed by atoms with Gasteiger partial charge in [-0.15, -0.1) is 0 Å². The third kappa shape index (κ3) is 1.67. The van der Waals surface area contributed by atoms with Gasteiger partial charge in [0.2, 0.25) is 0 Å². The maximum absolute atomic E-state index is 9.72. The first-order valence-corrected chi connectivity index (χ1v) is 4.90. The minimum absolute atomic E-state index is 0.0386. The number of hydrogen-bond donors (Lipinski definition) is 3. The molecule has 0 fully saturated rings. The highest BCUT2D eigenvalue weighted by molar-refractivity contribution is 5.76. The first-order chi connectivity index (χ1) is 7.59. The summed E-state index contributed by atoms with van der Waals surface area (Å²) < 4.78 is 0. The topological polar surface area (TPSA) is 60.7 Å². The van der Waals surface area contributed by atoms with Gasteiger partial charge in [0.15, 0.2) is 0 Å². The lowest BCUT2D eigenvalue weighted by Crippen LogP contribution is -1.83. The molecule has 3 heteroatoms. The number of rotatable bonds is 1. The second-order valence-electron chi connectivity index (χ2n) is 3.67. The number of aryl methyl sites for hydroxylation is 1. The number of para-hydroxylation sites is 1. The van der Waals surface area contributed by atoms with Gasteiger partial charge >= 0.3 is 0 Å². The monoisotopic (exact) mass is 216 g/mol. The number of hydrogen-bond acceptors (Lipinski definition) is 3. The summed E-state index contributed by atoms with van der Waals surface area (Å²) in [5.74, 6) is 0.0872. The predicted octanol–water partition coefficient (Wildman–Crippen LogP) is 2.78. The number of aromatic hydroxyl groups is 3. The van der Waals surface area contributed by atoms with Gasteiger partial charge in [0, 0.05) is 17.2 Å². The summed E-state index contributed by atoms with van der Waals surface area (Å²) in [7, 11) is 0. The van der Waals surface area contributed by atoms with Crippen LogP contribution in [-0.4, -0.2) is 15.3 Å². The van der Waals surface area contributed by atoms with Crippen LogP contribution in [0.2, 0.25) is 0 Å². The van der Waals surface area contributed by atoms with Crippen LogP contribution in [0.15, 0.2) is 36.4 Å². The lowest BCUT2D eigenvalue weighted by molar-refractivity contribution is 0.447. The largest absolute Gasteiger partial charge is 0.508 e. The summed E-state index contributed by atoms with van der Waals surface area (Å²) in [6, 6.07) is 9.66. The minimum atomic E-state index is -0.0513. The molecule has 0 amide bonds. The Morgan fingerprint density at radius 2 is 1.44 bits per heavy atom. The van der Waals surface area contributed by atoms with Crippen LogP contribution in [0, 0.1) is 6.92 Å². The van der Waals surface area contributed by atoms with Crippen LogP contribution >= 0.6 is 0 Å². The molecule has 0 aliphatic heterocycles. The molecule has 0 radical (unpaired) electrons. The molecule has 0 aliphatic carbocycles. The molecule has 2 aromatic rings. The molecule has 82 valence electrons. The highest BCUT2D eigenvalue weighted by atomic mass is 16.3. The fraction of sp³-hybridized carbons (Fsp3) is 0.0769. The summed E-state index contributed by atoms with van der Waals surface area (Å²) in [5.41, 5.74) is 1.70. The van der Waals surface area contributed by atoms with E-state index in [0.717, 1.165) is 0 Å². The Bertz CT molecular complexity index is 533. The van der Waals surface area contributed by atoms with Gasteiger partial charge in [0.05, 0.1) is 0 Å². The summed E-state index contributed by atoms with van der Waals surface area (Å²) >= 11 is 0. The van der Waals surface area contributed by atoms with Crippen LogP contribution in [0.4, 0.5) is 0 Å². The lowest BCUT2D eigenvalue weighted by atomic mass is 10.0. The first-order valence-electron chi connectivity index (χ1n) is 4.90. The van der Waals surface area contributed by atoms with E-state index in [1.807, 2.05) is 0 Å². The summed E-state index contributed by atoms with van der Waals surface area (Å²) in [4.78, 5) is 0. The van der Waals surface area contributed by atoms with Crippen molar-refractivity contribution in [1.29, 1.82) is 0 Å². The van der Waals surface area contributed by atoms with Crippen molar-refractivity contribution in [3.63, 3.8) is 0 Å². The molecule has 0 unspecified atom stereocenters. The first kappa shape index (κ1) is 10.4. The molecule has 0 atom stereocenters. The van der Waals surface area contributed by atoms with Crippen molar-refractivity contribution >= 4 is 0 Å². The number of phenolic OH excluding ortho intramolecular Hbond substituents is 3. The average Bonchev–Trinajstić information content (AvgIpc) is 2.25. The predicted molar refractivity (Wildman–Crippen MR) is 61.6 cm³/mol. The van der Waals surface area contributed by atoms with Crippen molar-refractivity contribution in [3.05, 3.63) is 42.0 Å². The van der Waals surface area contributed by atoms with Crippen molar-refractivity contribution in [2.45, 2.75) is 6.92 Å². The number of phenols is 3. The molecule has 0 heterocycles. The Morgan fingerprint density at radius 3 is 2.12 bits per heavy atom. The molecule has 0 aromatic heterocycles. The Hall–Kier alpha value is -2.16. The fourth-order valence-corrected chi connectivity index (χ4v) is 1.60. The van der Waals surface area contributed by atoms with E-state index < -0.39 is 0 Å². The third-order valence-electron chi connectivity index (χ3n) is 2.51. The van der Waals surface area contributed by atoms with E-state index in [1.54, 1.807) is 37.3 Å². The lowest BCUT2D eigenvalue weighted by Gasteiger charge is -2.09. The normalized spacial score (nSPS) is 10.3. The van der Waals surface area contributed by atoms with Crippen molar-refractivity contribution in [2.75, 3.05) is 0 Å². The molecule has 16 heavy (non-hydrogen) atoms. The van der Waals surface area contributed by atoms with Crippen LogP contribution in [0.1, 0.15) is 5.56 Å². The molecule has 3 N–H and O–H groups in total. The molecular weight excluding hydrogens is 204 g/mol. The average molecular weight is 216 g/mol. The Morgan fingerprint density at radius 1 is 0.750 bits per heavy atom. The molecule has 0 saturated carbocycles. The Balaban J connectivity index is 2.65. The SMILES string of the molecule is Cc1cc(-c2ccccc2O)c(O)cc1O. The molecule has 0 saturated heterocycles. The number of benzene rings is 2. The van der Waals surface area contributed by atoms with E-state index in [0.29, 0.717) is 16.7 Å². The van der Waals surface area contributed by atoms with E-state index in [4.69, 9.17) is 0 Å². The van der Waals surface area contributed by atoms with Crippen molar-refractivity contribution in [2.24, 2.45) is 0 Å². The van der Waals surface area contributed by atoms with Gasteiger partial charge in [-0.2, -0.15) is 0 Å². The molecule has 0 spiro atoms. The van der Waals surface area contributed by atoms with Crippen LogP contribution < -0.4 is 0 Å². The highest BCUT2D eigenvalue weighted by Crippen LogP contribution is 2.38. The summed E-state index contributed by atoms with van der Waals surface area (Å²) in [6.45, 7) is 1.73. The molecule has 0 bridgehead atoms. The fourth-order valence-electron chi connectivity index (χ4n) is 1.60. The van der Waals surface area contributed by atoms with Gasteiger partial charge in [0.25, 0.3) is 0 Å². The van der Waals surface area contributed by atoms with E-state index in [1.165, 1.54) is 6.07 Å². The van der Waals surface area contributed by atoms with Crippen molar-refractivity contribution < 1.29 is 15.3 Å². The van der Waals surface area contributed by atoms with E-state index in [2.05, 4.69) is 0 Å². The van der Waals surface area contributed by atoms with Gasteiger partial charge in [-0.3, -0.25) is 0 Å². The molecule has 2 rings (SSSR count). The zero-order valence-corrected chi connectivity index (χ0v) is 8.81. The molecule has 3 nitrogen and oxygen atoms in total. The third-order valence-corrected chi connectivity index (χ3v) is 2.51. The van der Waals surface area contributed by atoms with Crippen molar-refractivity contribution in [1.82, 2.24) is 0 Å². The van der Waals surface area contributed by atoms with Gasteiger partial charge < -0.3 is 15.3 Å². The second-order valence-corrected chi connectivity index (χ2v) is 3.67. The van der Waals surface area contributed by atoms with Gasteiger partial charge in [0.1, 0.15) is 17.2 Å². The van der Waals surface area contributed by atoms with Crippen LogP contribution in [0.25, 0.3) is 11.1 Å². The van der Waals surface area contributed by atoms with Crippen molar-refractivity contribution in [3.8, 4) is 28.4 Å². The maximum Gasteiger partial charge on any atom is 0.127 e. The molecular formula is C13H12O3. The van der Waals surface area contributed by atoms with Gasteiger partial charge in [-0.1, -0.05) is 18.2 Å². The zero-order chi connectivity index (χ0) is 11.7. The standard InChI is InChI=1S/C13H12O3/c1-8-6-10(13(16)7-12(8)15)9-4-2-3-5-11(9)14/h2-7,14-16H,1H3. The Labute approximate surface area is 93.2 Å². The van der Waals surface area contributed by atoms with E-state index in [-0.39, 0.29) is 17.2 Å². The quantitative estimate of drug-likeness (QED) is 0.686. The van der Waals surface area contributed by atoms with Crippen LogP contribution in [0.3, 0.4) is 0 Å². The van der Waals surface area contributed by atoms with Gasteiger partial charge in [-0.05, 0) is 24.6 Å². The van der Waals surface area contributed by atoms with Crippen LogP contribution in [0.5, 0.6) is 17.2 Å². The Kier molecular flexibility index (Phi) is 2.44. The molecule has 0 aliphatic rings. The molecule has 2 aromatic carbocycles. The second kappa shape index (κ2) is 3.77. The maximum atomic E-state index is 9.72. The minimum Gasteiger partial charge on any atom is -0.508 e. The van der Waals surface area contributed by atoms with Gasteiger partial charge in [-0.25, -0.2) is 0 Å². The highest BCUT2D eigenvalue weighted by Gasteiger charge is 2.10. The van der Waals surface area contributed by atoms with Crippen LogP contribution in [-0.2, 0) is 0 Å². The zero-order valence-electron chi connectivity index (χ0n) is 8.81. The summed E-state index contributed by atoms with van der Waals surface area (Å²) in [5, 5.41) is 28.8. The summed E-state index contributed by atoms with van der Waals surface area (Å²) in [6.07, 6.45) is 0. The van der Waals surface area contributed by atoms with E-state index in [9.17, 15) is 15.3 Å². The smallest absolute Gasteiger partial charge is 0.127 e.